The van der Waals surface area contributed by atoms with Gasteiger partial charge in [0.15, 0.2) is 0 Å². The summed E-state index contributed by atoms with van der Waals surface area (Å²) >= 11 is 0. The third-order valence-corrected chi connectivity index (χ3v) is 2.50. The molecule has 3 nitrogen and oxygen atoms in total. The van der Waals surface area contributed by atoms with Crippen LogP contribution in [0.25, 0.3) is 0 Å². The van der Waals surface area contributed by atoms with Crippen molar-refractivity contribution in [1.82, 2.24) is 0 Å². The van der Waals surface area contributed by atoms with Crippen LogP contribution < -0.4 is 0 Å². The third kappa shape index (κ3) is 8.50. The van der Waals surface area contributed by atoms with E-state index < -0.39 is 0 Å². The van der Waals surface area contributed by atoms with Gasteiger partial charge in [0.1, 0.15) is 0 Å². The van der Waals surface area contributed by atoms with Crippen LogP contribution >= 0.6 is 0 Å². The van der Waals surface area contributed by atoms with E-state index in [9.17, 15) is 0 Å². The van der Waals surface area contributed by atoms with Crippen LogP contribution in [0.1, 0.15) is 0 Å². The summed E-state index contributed by atoms with van der Waals surface area (Å²) in [6.07, 6.45) is 26.6. The number of hydrogen-bond donors (Lipinski definition) is 0. The van der Waals surface area contributed by atoms with Crippen molar-refractivity contribution in [2.45, 2.75) is 12.2 Å². The van der Waals surface area contributed by atoms with Gasteiger partial charge in [0.05, 0.1) is 39.0 Å². The Labute approximate surface area is 126 Å². The molecule has 0 fully saturated rings. The fourth-order valence-corrected chi connectivity index (χ4v) is 1.56. The first-order valence-corrected chi connectivity index (χ1v) is 6.76. The van der Waals surface area contributed by atoms with Crippen molar-refractivity contribution in [2.24, 2.45) is 0 Å². The molecule has 1 rings (SSSR count). The maximum absolute atomic E-state index is 5.78. The van der Waals surface area contributed by atoms with E-state index in [2.05, 4.69) is 0 Å². The van der Waals surface area contributed by atoms with E-state index in [0.717, 1.165) is 0 Å². The lowest BCUT2D eigenvalue weighted by atomic mass is 10.3. The van der Waals surface area contributed by atoms with Crippen molar-refractivity contribution in [2.75, 3.05) is 14.2 Å². The van der Waals surface area contributed by atoms with E-state index in [1.807, 2.05) is 72.9 Å². The molecule has 1 aliphatic rings. The van der Waals surface area contributed by atoms with Crippen molar-refractivity contribution in [3.63, 3.8) is 0 Å². The number of methoxy groups -OCH3 is 2. The molecule has 0 spiro atoms. The lowest BCUT2D eigenvalue weighted by Crippen LogP contribution is -2.07. The predicted molar refractivity (Wildman–Crippen MR) is 86.7 cm³/mol. The van der Waals surface area contributed by atoms with Crippen molar-refractivity contribution >= 4 is 0 Å². The highest BCUT2D eigenvalue weighted by atomic mass is 16.5. The van der Waals surface area contributed by atoms with Crippen LogP contribution in [0.4, 0.5) is 0 Å². The molecule has 0 N–H and O–H groups in total. The quantitative estimate of drug-likeness (QED) is 0.385. The number of hydrogen-bond acceptors (Lipinski definition) is 3. The Balaban J connectivity index is 2.28. The summed E-state index contributed by atoms with van der Waals surface area (Å²) in [4.78, 5) is 0. The minimum absolute atomic E-state index is 0.0214. The highest BCUT2D eigenvalue weighted by Gasteiger charge is 2.13. The van der Waals surface area contributed by atoms with Crippen LogP contribution in [0.3, 0.4) is 0 Å². The Morgan fingerprint density at radius 3 is 1.52 bits per heavy atom. The van der Waals surface area contributed by atoms with E-state index in [1.54, 1.807) is 26.7 Å². The monoisotopic (exact) mass is 286 g/mol. The van der Waals surface area contributed by atoms with Crippen LogP contribution in [0.15, 0.2) is 85.4 Å². The lowest BCUT2D eigenvalue weighted by Gasteiger charge is -2.06. The van der Waals surface area contributed by atoms with Gasteiger partial charge in [-0.25, -0.2) is 0 Å². The number of allylic oxidation sites excluding steroid dienone is 8. The van der Waals surface area contributed by atoms with Gasteiger partial charge in [-0.1, -0.05) is 60.8 Å². The van der Waals surface area contributed by atoms with Crippen molar-refractivity contribution in [3.05, 3.63) is 85.4 Å². The average Bonchev–Trinajstić information content (AvgIpc) is 2.94. The molecule has 1 heterocycles. The standard InChI is InChI=1S/C18H22O3/c1-19-15-9-5-3-7-11-17-13-14-18(21-17)12-8-4-6-10-16-20-2/h3-18H,1-2H3/b5-3+,6-4+,11-7+,12-8+,15-9+,16-10+. The van der Waals surface area contributed by atoms with Crippen molar-refractivity contribution < 1.29 is 14.2 Å². The van der Waals surface area contributed by atoms with Crippen LogP contribution in [-0.2, 0) is 14.2 Å². The third-order valence-electron chi connectivity index (χ3n) is 2.50. The van der Waals surface area contributed by atoms with Crippen LogP contribution in [0.2, 0.25) is 0 Å². The number of rotatable bonds is 8. The average molecular weight is 286 g/mol. The van der Waals surface area contributed by atoms with E-state index >= 15 is 0 Å². The molecule has 0 aromatic heterocycles. The molecule has 0 saturated carbocycles. The second-order valence-corrected chi connectivity index (χ2v) is 4.12. The minimum atomic E-state index is 0.0214. The summed E-state index contributed by atoms with van der Waals surface area (Å²) in [7, 11) is 3.24. The molecule has 112 valence electrons. The zero-order valence-electron chi connectivity index (χ0n) is 12.5. The molecule has 1 aliphatic heterocycles. The molecule has 0 amide bonds. The highest BCUT2D eigenvalue weighted by Crippen LogP contribution is 2.13. The Bertz CT molecular complexity index is 423. The van der Waals surface area contributed by atoms with Crippen molar-refractivity contribution in [1.29, 1.82) is 0 Å². The van der Waals surface area contributed by atoms with Gasteiger partial charge < -0.3 is 14.2 Å². The van der Waals surface area contributed by atoms with Gasteiger partial charge in [0.2, 0.25) is 0 Å². The molecule has 0 radical (unpaired) electrons. The molecule has 0 bridgehead atoms. The molecule has 2 unspecified atom stereocenters. The Morgan fingerprint density at radius 1 is 0.667 bits per heavy atom. The SMILES string of the molecule is CO/C=C/C=C/C=C/C1C=CC(/C=C/C=C/C=C/OC)O1. The first-order chi connectivity index (χ1) is 10.4. The van der Waals surface area contributed by atoms with Gasteiger partial charge in [0, 0.05) is 0 Å². The predicted octanol–water partition coefficient (Wildman–Crippen LogP) is 3.86. The number of ether oxygens (including phenoxy) is 3. The summed E-state index contributed by atoms with van der Waals surface area (Å²) < 4.78 is 15.4. The molecule has 0 aromatic rings. The Hall–Kier alpha value is -2.26. The maximum atomic E-state index is 5.78. The van der Waals surface area contributed by atoms with E-state index in [0.29, 0.717) is 0 Å². The first kappa shape index (κ1) is 16.8. The molecular weight excluding hydrogens is 264 g/mol. The highest BCUT2D eigenvalue weighted by molar-refractivity contribution is 5.20. The molecule has 0 aliphatic carbocycles. The van der Waals surface area contributed by atoms with Crippen LogP contribution in [-0.4, -0.2) is 26.4 Å². The van der Waals surface area contributed by atoms with Crippen LogP contribution in [0, 0.1) is 0 Å². The summed E-state index contributed by atoms with van der Waals surface area (Å²) in [5, 5.41) is 0. The second-order valence-electron chi connectivity index (χ2n) is 4.12. The first-order valence-electron chi connectivity index (χ1n) is 6.76. The normalized spacial score (nSPS) is 23.1. The second kappa shape index (κ2) is 11.6. The van der Waals surface area contributed by atoms with Crippen LogP contribution in [0.5, 0.6) is 0 Å². The molecule has 0 saturated heterocycles. The van der Waals surface area contributed by atoms with E-state index in [4.69, 9.17) is 14.2 Å². The van der Waals surface area contributed by atoms with Gasteiger partial charge in [0.25, 0.3) is 0 Å². The molecule has 2 atom stereocenters. The maximum Gasteiger partial charge on any atom is 0.0954 e. The topological polar surface area (TPSA) is 27.7 Å². The summed E-state index contributed by atoms with van der Waals surface area (Å²) in [6, 6.07) is 0. The van der Waals surface area contributed by atoms with E-state index in [-0.39, 0.29) is 12.2 Å². The van der Waals surface area contributed by atoms with Crippen molar-refractivity contribution in [3.8, 4) is 0 Å². The van der Waals surface area contributed by atoms with Gasteiger partial charge in [-0.05, 0) is 12.2 Å². The fraction of sp³-hybridized carbons (Fsp3) is 0.222. The van der Waals surface area contributed by atoms with Gasteiger partial charge in [-0.2, -0.15) is 0 Å². The zero-order valence-corrected chi connectivity index (χ0v) is 12.5. The minimum Gasteiger partial charge on any atom is -0.504 e. The smallest absolute Gasteiger partial charge is 0.0954 e. The van der Waals surface area contributed by atoms with Gasteiger partial charge in [-0.15, -0.1) is 0 Å². The fourth-order valence-electron chi connectivity index (χ4n) is 1.56. The summed E-state index contributed by atoms with van der Waals surface area (Å²) in [5.41, 5.74) is 0. The molecule has 3 heteroatoms. The Morgan fingerprint density at radius 2 is 1.10 bits per heavy atom. The van der Waals surface area contributed by atoms with Gasteiger partial charge >= 0.3 is 0 Å². The summed E-state index contributed by atoms with van der Waals surface area (Å²) in [6.45, 7) is 0. The lowest BCUT2D eigenvalue weighted by molar-refractivity contribution is 0.116. The van der Waals surface area contributed by atoms with Gasteiger partial charge in [-0.3, -0.25) is 0 Å². The van der Waals surface area contributed by atoms with E-state index in [1.165, 1.54) is 0 Å². The summed E-state index contributed by atoms with van der Waals surface area (Å²) in [5.74, 6) is 0. The molecule has 21 heavy (non-hydrogen) atoms. The largest absolute Gasteiger partial charge is 0.504 e. The zero-order chi connectivity index (χ0) is 15.2. The molecule has 0 aromatic carbocycles. The Kier molecular flexibility index (Phi) is 9.24. The molecular formula is C18H22O3.